The predicted octanol–water partition coefficient (Wildman–Crippen LogP) is 18.7. The molecule has 69 heavy (non-hydrogen) atoms. The summed E-state index contributed by atoms with van der Waals surface area (Å²) in [5, 5.41) is 23.9. The van der Waals surface area contributed by atoms with E-state index in [0.717, 1.165) is 77.0 Å². The van der Waals surface area contributed by atoms with Crippen molar-refractivity contribution in [2.45, 2.75) is 322 Å². The Balaban J connectivity index is 4.62. The van der Waals surface area contributed by atoms with Crippen LogP contribution in [-0.4, -0.2) is 46.9 Å². The van der Waals surface area contributed by atoms with Crippen molar-refractivity contribution >= 4 is 11.9 Å². The zero-order valence-electron chi connectivity index (χ0n) is 45.9. The third kappa shape index (κ3) is 51.7. The van der Waals surface area contributed by atoms with Crippen molar-refractivity contribution in [3.05, 3.63) is 60.8 Å². The van der Waals surface area contributed by atoms with Gasteiger partial charge in [0.2, 0.25) is 5.91 Å². The lowest BCUT2D eigenvalue weighted by atomic mass is 10.0. The van der Waals surface area contributed by atoms with Gasteiger partial charge >= 0.3 is 5.97 Å². The average molecular weight is 967 g/mol. The van der Waals surface area contributed by atoms with Crippen molar-refractivity contribution in [1.82, 2.24) is 5.32 Å². The highest BCUT2D eigenvalue weighted by atomic mass is 16.5. The zero-order chi connectivity index (χ0) is 50.2. The van der Waals surface area contributed by atoms with Gasteiger partial charge in [0.15, 0.2) is 0 Å². The number of aliphatic hydroxyl groups is 2. The first kappa shape index (κ1) is 66.6. The molecule has 0 fully saturated rings. The van der Waals surface area contributed by atoms with E-state index in [2.05, 4.69) is 86.8 Å². The van der Waals surface area contributed by atoms with Crippen LogP contribution in [0.4, 0.5) is 0 Å². The van der Waals surface area contributed by atoms with Crippen molar-refractivity contribution in [2.75, 3.05) is 6.61 Å². The summed E-state index contributed by atoms with van der Waals surface area (Å²) in [7, 11) is 0. The average Bonchev–Trinajstić information content (AvgIpc) is 3.34. The number of ether oxygens (including phenoxy) is 1. The fourth-order valence-corrected chi connectivity index (χ4v) is 9.09. The summed E-state index contributed by atoms with van der Waals surface area (Å²) in [4.78, 5) is 26.3. The van der Waals surface area contributed by atoms with Crippen molar-refractivity contribution in [2.24, 2.45) is 0 Å². The molecule has 0 saturated carbocycles. The highest BCUT2D eigenvalue weighted by Crippen LogP contribution is 2.18. The van der Waals surface area contributed by atoms with Gasteiger partial charge in [0, 0.05) is 6.42 Å². The first-order valence-corrected chi connectivity index (χ1v) is 30.1. The van der Waals surface area contributed by atoms with Crippen LogP contribution in [0.3, 0.4) is 0 Å². The van der Waals surface area contributed by atoms with E-state index in [-0.39, 0.29) is 24.9 Å². The van der Waals surface area contributed by atoms with E-state index < -0.39 is 18.2 Å². The van der Waals surface area contributed by atoms with Gasteiger partial charge in [-0.3, -0.25) is 9.59 Å². The van der Waals surface area contributed by atoms with E-state index in [1.807, 2.05) is 0 Å². The highest BCUT2D eigenvalue weighted by Gasteiger charge is 2.24. The maximum Gasteiger partial charge on any atom is 0.306 e. The number of unbranched alkanes of at least 4 members (excludes halogenated alkanes) is 35. The monoisotopic (exact) mass is 966 g/mol. The first-order valence-electron chi connectivity index (χ1n) is 30.1. The van der Waals surface area contributed by atoms with Gasteiger partial charge in [0.1, 0.15) is 6.10 Å². The second-order valence-corrected chi connectivity index (χ2v) is 20.5. The number of aliphatic hydroxyl groups excluding tert-OH is 2. The lowest BCUT2D eigenvalue weighted by molar-refractivity contribution is -0.151. The van der Waals surface area contributed by atoms with Crippen LogP contribution in [0, 0.1) is 0 Å². The maximum absolute atomic E-state index is 13.3. The molecule has 1 amide bonds. The molecule has 3 N–H and O–H groups in total. The second-order valence-electron chi connectivity index (χ2n) is 20.5. The van der Waals surface area contributed by atoms with E-state index in [9.17, 15) is 19.8 Å². The van der Waals surface area contributed by atoms with Gasteiger partial charge in [-0.15, -0.1) is 0 Å². The fourth-order valence-electron chi connectivity index (χ4n) is 9.09. The molecule has 0 saturated heterocycles. The van der Waals surface area contributed by atoms with E-state index in [1.165, 1.54) is 180 Å². The van der Waals surface area contributed by atoms with Crippen LogP contribution in [0.1, 0.15) is 303 Å². The molecule has 0 aliphatic heterocycles. The molecule has 0 bridgehead atoms. The topological polar surface area (TPSA) is 95.9 Å². The van der Waals surface area contributed by atoms with Crippen molar-refractivity contribution in [1.29, 1.82) is 0 Å². The Bertz CT molecular complexity index is 1220. The Morgan fingerprint density at radius 2 is 0.754 bits per heavy atom. The lowest BCUT2D eigenvalue weighted by Crippen LogP contribution is -2.46. The SMILES string of the molecule is CCCCC/C=C/C=C/C=C/C=C/CCCCCC(CC(=O)NC(CO)C(O)CCCCCCCCCCCCCCCCCC)OC(=O)CCCCCCC/C=C/CCCCCCCCCCC. The van der Waals surface area contributed by atoms with Crippen LogP contribution in [0.25, 0.3) is 0 Å². The summed E-state index contributed by atoms with van der Waals surface area (Å²) in [6.07, 6.45) is 71.4. The molecule has 3 unspecified atom stereocenters. The molecular formula is C63H115NO5. The predicted molar refractivity (Wildman–Crippen MR) is 301 cm³/mol. The normalized spacial score (nSPS) is 13.5. The minimum atomic E-state index is -0.803. The molecule has 6 nitrogen and oxygen atoms in total. The number of rotatable bonds is 54. The highest BCUT2D eigenvalue weighted by molar-refractivity contribution is 5.77. The molecule has 0 aliphatic carbocycles. The molecule has 0 aromatic carbocycles. The summed E-state index contributed by atoms with van der Waals surface area (Å²) in [5.74, 6) is -0.513. The molecule has 0 aromatic heterocycles. The number of carbonyl (C=O) groups is 2. The fraction of sp³-hybridized carbons (Fsp3) is 0.810. The minimum absolute atomic E-state index is 0.0484. The standard InChI is InChI=1S/C63H115NO5/c1-4-7-10-13-16-19-22-25-28-31-32-35-38-41-44-47-50-53-56-63(68)69-59(54-51-48-45-42-39-36-33-29-26-23-20-17-14-11-8-5-2)57-62(67)64-60(58-65)61(66)55-52-49-46-43-40-37-34-30-27-24-21-18-15-12-9-6-3/h17,20,23,26,29,32-33,35-36,39,59-61,65-66H,4-16,18-19,21-22,24-25,27-28,30-31,34,37-38,40-58H2,1-3H3,(H,64,67)/b20-17+,26-23+,33-29+,35-32+,39-36+. The molecule has 402 valence electrons. The van der Waals surface area contributed by atoms with Gasteiger partial charge in [-0.05, 0) is 77.0 Å². The molecule has 0 spiro atoms. The summed E-state index contributed by atoms with van der Waals surface area (Å²) < 4.78 is 5.95. The van der Waals surface area contributed by atoms with Crippen LogP contribution in [0.2, 0.25) is 0 Å². The lowest BCUT2D eigenvalue weighted by Gasteiger charge is -2.24. The smallest absolute Gasteiger partial charge is 0.306 e. The van der Waals surface area contributed by atoms with E-state index >= 15 is 0 Å². The van der Waals surface area contributed by atoms with Crippen LogP contribution in [-0.2, 0) is 14.3 Å². The Kier molecular flexibility index (Phi) is 54.5. The number of nitrogens with one attached hydrogen (secondary N) is 1. The third-order valence-corrected chi connectivity index (χ3v) is 13.7. The summed E-state index contributed by atoms with van der Waals surface area (Å²) >= 11 is 0. The zero-order valence-corrected chi connectivity index (χ0v) is 45.9. The number of carbonyl (C=O) groups excluding carboxylic acids is 2. The number of hydrogen-bond acceptors (Lipinski definition) is 5. The third-order valence-electron chi connectivity index (χ3n) is 13.7. The summed E-state index contributed by atoms with van der Waals surface area (Å²) in [5.41, 5.74) is 0. The van der Waals surface area contributed by atoms with Gasteiger partial charge in [0.05, 0.1) is 25.2 Å². The summed E-state index contributed by atoms with van der Waals surface area (Å²) in [6.45, 7) is 6.47. The number of hydrogen-bond donors (Lipinski definition) is 3. The molecule has 0 rings (SSSR count). The van der Waals surface area contributed by atoms with Crippen molar-refractivity contribution in [3.8, 4) is 0 Å². The van der Waals surface area contributed by atoms with E-state index in [1.54, 1.807) is 0 Å². The molecule has 0 aromatic rings. The van der Waals surface area contributed by atoms with Crippen LogP contribution < -0.4 is 5.32 Å². The maximum atomic E-state index is 13.3. The minimum Gasteiger partial charge on any atom is -0.462 e. The number of esters is 1. The molecule has 3 atom stereocenters. The van der Waals surface area contributed by atoms with Crippen molar-refractivity contribution in [3.63, 3.8) is 0 Å². The van der Waals surface area contributed by atoms with Gasteiger partial charge in [-0.25, -0.2) is 0 Å². The quantitative estimate of drug-likeness (QED) is 0.0244. The Morgan fingerprint density at radius 1 is 0.420 bits per heavy atom. The van der Waals surface area contributed by atoms with Crippen LogP contribution in [0.15, 0.2) is 60.8 Å². The molecule has 0 radical (unpaired) electrons. The van der Waals surface area contributed by atoms with Gasteiger partial charge in [0.25, 0.3) is 0 Å². The van der Waals surface area contributed by atoms with E-state index in [0.29, 0.717) is 19.3 Å². The number of amides is 1. The summed E-state index contributed by atoms with van der Waals surface area (Å²) in [6, 6.07) is -0.719. The molecule has 6 heteroatoms. The number of allylic oxidation sites excluding steroid dienone is 10. The van der Waals surface area contributed by atoms with Crippen LogP contribution >= 0.6 is 0 Å². The Labute approximate surface area is 428 Å². The molecule has 0 aliphatic rings. The molecule has 0 heterocycles. The van der Waals surface area contributed by atoms with E-state index in [4.69, 9.17) is 4.74 Å². The Morgan fingerprint density at radius 3 is 1.20 bits per heavy atom. The second kappa shape index (κ2) is 56.5. The molecular weight excluding hydrogens is 851 g/mol. The van der Waals surface area contributed by atoms with Gasteiger partial charge < -0.3 is 20.3 Å². The largest absolute Gasteiger partial charge is 0.462 e. The van der Waals surface area contributed by atoms with Gasteiger partial charge in [-0.1, -0.05) is 274 Å². The Hall–Kier alpha value is -2.44. The van der Waals surface area contributed by atoms with Crippen molar-refractivity contribution < 1.29 is 24.5 Å². The first-order chi connectivity index (χ1) is 34.0. The van der Waals surface area contributed by atoms with Gasteiger partial charge in [-0.2, -0.15) is 0 Å². The van der Waals surface area contributed by atoms with Crippen LogP contribution in [0.5, 0.6) is 0 Å².